The molecule has 0 aromatic heterocycles. The molecule has 3 aromatic rings. The molecule has 0 radical (unpaired) electrons. The maximum atomic E-state index is 12.3. The highest BCUT2D eigenvalue weighted by molar-refractivity contribution is 5.91. The number of hydrazone groups is 1. The van der Waals surface area contributed by atoms with Crippen molar-refractivity contribution in [2.75, 3.05) is 13.7 Å². The van der Waals surface area contributed by atoms with Gasteiger partial charge in [0.1, 0.15) is 5.75 Å². The molecule has 0 aliphatic carbocycles. The molecule has 0 fully saturated rings. The number of aryl methyl sites for hydroxylation is 1. The van der Waals surface area contributed by atoms with Crippen molar-refractivity contribution < 1.29 is 23.8 Å². The summed E-state index contributed by atoms with van der Waals surface area (Å²) >= 11 is 0. The molecule has 7 nitrogen and oxygen atoms in total. The fourth-order valence-corrected chi connectivity index (χ4v) is 2.57. The zero-order valence-electron chi connectivity index (χ0n) is 17.2. The standard InChI is InChI=1S/C24H22N2O5/c1-17-8-11-19(12-9-17)24(28)31-21-13-10-18(14-22(21)29-2)15-25-26-23(27)16-30-20-6-4-3-5-7-20/h3-15H,16H2,1-2H3,(H,26,27)/b25-15+. The number of esters is 1. The van der Waals surface area contributed by atoms with Crippen LogP contribution < -0.4 is 19.6 Å². The van der Waals surface area contributed by atoms with Gasteiger partial charge in [0.05, 0.1) is 18.9 Å². The quantitative estimate of drug-likeness (QED) is 0.261. The fourth-order valence-electron chi connectivity index (χ4n) is 2.57. The van der Waals surface area contributed by atoms with Gasteiger partial charge in [-0.15, -0.1) is 0 Å². The Kier molecular flexibility index (Phi) is 7.37. The average Bonchev–Trinajstić information content (AvgIpc) is 2.79. The summed E-state index contributed by atoms with van der Waals surface area (Å²) in [5.41, 5.74) is 4.54. The number of nitrogens with zero attached hydrogens (tertiary/aromatic N) is 1. The monoisotopic (exact) mass is 418 g/mol. The summed E-state index contributed by atoms with van der Waals surface area (Å²) in [5, 5.41) is 3.91. The number of hydrogen-bond donors (Lipinski definition) is 1. The van der Waals surface area contributed by atoms with Gasteiger partial charge in [-0.2, -0.15) is 5.10 Å². The van der Waals surface area contributed by atoms with E-state index in [9.17, 15) is 9.59 Å². The third-order valence-electron chi connectivity index (χ3n) is 4.19. The van der Waals surface area contributed by atoms with Crippen molar-refractivity contribution in [1.29, 1.82) is 0 Å². The van der Waals surface area contributed by atoms with Gasteiger partial charge in [0.15, 0.2) is 18.1 Å². The van der Waals surface area contributed by atoms with E-state index in [1.54, 1.807) is 42.5 Å². The lowest BCUT2D eigenvalue weighted by atomic mass is 10.1. The van der Waals surface area contributed by atoms with Crippen molar-refractivity contribution in [2.24, 2.45) is 5.10 Å². The molecular weight excluding hydrogens is 396 g/mol. The predicted molar refractivity (Wildman–Crippen MR) is 117 cm³/mol. The zero-order chi connectivity index (χ0) is 22.1. The van der Waals surface area contributed by atoms with Gasteiger partial charge in [0.25, 0.3) is 5.91 Å². The number of benzene rings is 3. The second-order valence-electron chi connectivity index (χ2n) is 6.56. The van der Waals surface area contributed by atoms with Gasteiger partial charge >= 0.3 is 5.97 Å². The Labute approximate surface area is 180 Å². The highest BCUT2D eigenvalue weighted by atomic mass is 16.6. The number of carbonyl (C=O) groups excluding carboxylic acids is 2. The predicted octanol–water partition coefficient (Wildman–Crippen LogP) is 3.75. The summed E-state index contributed by atoms with van der Waals surface area (Å²) in [5.74, 6) is 0.372. The summed E-state index contributed by atoms with van der Waals surface area (Å²) in [6.07, 6.45) is 1.45. The molecule has 0 saturated heterocycles. The van der Waals surface area contributed by atoms with E-state index in [4.69, 9.17) is 14.2 Å². The number of rotatable bonds is 8. The SMILES string of the molecule is COc1cc(/C=N/NC(=O)COc2ccccc2)ccc1OC(=O)c1ccc(C)cc1. The van der Waals surface area contributed by atoms with Crippen LogP contribution in [0.25, 0.3) is 0 Å². The van der Waals surface area contributed by atoms with Crippen molar-refractivity contribution in [2.45, 2.75) is 6.92 Å². The number of carbonyl (C=O) groups is 2. The third kappa shape index (κ3) is 6.43. The van der Waals surface area contributed by atoms with Crippen molar-refractivity contribution in [3.63, 3.8) is 0 Å². The maximum Gasteiger partial charge on any atom is 0.343 e. The van der Waals surface area contributed by atoms with Crippen molar-refractivity contribution >= 4 is 18.1 Å². The summed E-state index contributed by atoms with van der Waals surface area (Å²) in [7, 11) is 1.47. The molecule has 1 amide bonds. The van der Waals surface area contributed by atoms with Gasteiger partial charge in [-0.05, 0) is 55.0 Å². The molecule has 0 heterocycles. The van der Waals surface area contributed by atoms with Crippen LogP contribution in [0, 0.1) is 6.92 Å². The van der Waals surface area contributed by atoms with Crippen LogP contribution in [0.2, 0.25) is 0 Å². The summed E-state index contributed by atoms with van der Waals surface area (Å²) in [6, 6.07) is 21.0. The minimum Gasteiger partial charge on any atom is -0.493 e. The van der Waals surface area contributed by atoms with E-state index in [-0.39, 0.29) is 12.4 Å². The number of para-hydroxylation sites is 1. The highest BCUT2D eigenvalue weighted by Gasteiger charge is 2.12. The Bertz CT molecular complexity index is 1060. The molecule has 0 saturated carbocycles. The molecule has 31 heavy (non-hydrogen) atoms. The number of ether oxygens (including phenoxy) is 3. The lowest BCUT2D eigenvalue weighted by molar-refractivity contribution is -0.123. The van der Waals surface area contributed by atoms with Crippen LogP contribution in [0.1, 0.15) is 21.5 Å². The molecule has 7 heteroatoms. The molecular formula is C24H22N2O5. The molecule has 0 unspecified atom stereocenters. The first-order chi connectivity index (χ1) is 15.0. The molecule has 0 aliphatic heterocycles. The Morgan fingerprint density at radius 1 is 0.968 bits per heavy atom. The molecule has 158 valence electrons. The summed E-state index contributed by atoms with van der Waals surface area (Å²) in [4.78, 5) is 24.2. The van der Waals surface area contributed by atoms with Gasteiger partial charge in [0, 0.05) is 0 Å². The first kappa shape index (κ1) is 21.6. The van der Waals surface area contributed by atoms with Crippen LogP contribution >= 0.6 is 0 Å². The third-order valence-corrected chi connectivity index (χ3v) is 4.19. The van der Waals surface area contributed by atoms with Gasteiger partial charge in [-0.1, -0.05) is 35.9 Å². The van der Waals surface area contributed by atoms with E-state index in [0.29, 0.717) is 22.6 Å². The Hall–Kier alpha value is -4.13. The van der Waals surface area contributed by atoms with Gasteiger partial charge < -0.3 is 14.2 Å². The second kappa shape index (κ2) is 10.6. The normalized spacial score (nSPS) is 10.5. The van der Waals surface area contributed by atoms with Crippen LogP contribution in [0.4, 0.5) is 0 Å². The fraction of sp³-hybridized carbons (Fsp3) is 0.125. The summed E-state index contributed by atoms with van der Waals surface area (Å²) in [6.45, 7) is 1.79. The van der Waals surface area contributed by atoms with Crippen molar-refractivity contribution in [3.05, 3.63) is 89.5 Å². The molecule has 1 N–H and O–H groups in total. The molecule has 0 bridgehead atoms. The van der Waals surface area contributed by atoms with Crippen LogP contribution in [0.15, 0.2) is 77.9 Å². The van der Waals surface area contributed by atoms with E-state index in [1.807, 2.05) is 37.3 Å². The number of methoxy groups -OCH3 is 1. The first-order valence-electron chi connectivity index (χ1n) is 9.52. The lowest BCUT2D eigenvalue weighted by Gasteiger charge is -2.10. The molecule has 0 spiro atoms. The van der Waals surface area contributed by atoms with E-state index in [2.05, 4.69) is 10.5 Å². The topological polar surface area (TPSA) is 86.2 Å². The molecule has 3 rings (SSSR count). The lowest BCUT2D eigenvalue weighted by Crippen LogP contribution is -2.24. The smallest absolute Gasteiger partial charge is 0.343 e. The minimum atomic E-state index is -0.481. The van der Waals surface area contributed by atoms with Gasteiger partial charge in [0.2, 0.25) is 0 Å². The van der Waals surface area contributed by atoms with E-state index in [0.717, 1.165) is 5.56 Å². The number of amides is 1. The second-order valence-corrected chi connectivity index (χ2v) is 6.56. The largest absolute Gasteiger partial charge is 0.493 e. The zero-order valence-corrected chi connectivity index (χ0v) is 17.2. The highest BCUT2D eigenvalue weighted by Crippen LogP contribution is 2.28. The Balaban J connectivity index is 1.56. The van der Waals surface area contributed by atoms with Crippen LogP contribution in [-0.2, 0) is 4.79 Å². The number of hydrogen-bond acceptors (Lipinski definition) is 6. The Morgan fingerprint density at radius 2 is 1.71 bits per heavy atom. The molecule has 3 aromatic carbocycles. The number of nitrogens with one attached hydrogen (secondary N) is 1. The van der Waals surface area contributed by atoms with E-state index >= 15 is 0 Å². The van der Waals surface area contributed by atoms with Crippen molar-refractivity contribution in [3.8, 4) is 17.2 Å². The average molecular weight is 418 g/mol. The molecule has 0 aliphatic rings. The minimum absolute atomic E-state index is 0.154. The van der Waals surface area contributed by atoms with E-state index < -0.39 is 11.9 Å². The molecule has 0 atom stereocenters. The van der Waals surface area contributed by atoms with E-state index in [1.165, 1.54) is 13.3 Å². The summed E-state index contributed by atoms with van der Waals surface area (Å²) < 4.78 is 16.1. The van der Waals surface area contributed by atoms with Gasteiger partial charge in [-0.3, -0.25) is 4.79 Å². The van der Waals surface area contributed by atoms with Crippen LogP contribution in [0.5, 0.6) is 17.2 Å². The van der Waals surface area contributed by atoms with Crippen LogP contribution in [-0.4, -0.2) is 31.8 Å². The maximum absolute atomic E-state index is 12.3. The van der Waals surface area contributed by atoms with Crippen LogP contribution in [0.3, 0.4) is 0 Å². The van der Waals surface area contributed by atoms with Crippen molar-refractivity contribution in [1.82, 2.24) is 5.43 Å². The first-order valence-corrected chi connectivity index (χ1v) is 9.52. The van der Waals surface area contributed by atoms with Gasteiger partial charge in [-0.25, -0.2) is 10.2 Å². The Morgan fingerprint density at radius 3 is 2.42 bits per heavy atom.